The van der Waals surface area contributed by atoms with Crippen LogP contribution in [-0.4, -0.2) is 39.7 Å². The zero-order valence-electron chi connectivity index (χ0n) is 12.1. The lowest BCUT2D eigenvalue weighted by Gasteiger charge is -2.16. The molecule has 1 fully saturated rings. The van der Waals surface area contributed by atoms with Crippen molar-refractivity contribution in [3.63, 3.8) is 0 Å². The maximum atomic E-state index is 12.0. The highest BCUT2D eigenvalue weighted by atomic mass is 32.2. The van der Waals surface area contributed by atoms with Crippen LogP contribution >= 0.6 is 11.8 Å². The Kier molecular flexibility index (Phi) is 4.85. The summed E-state index contributed by atoms with van der Waals surface area (Å²) in [7, 11) is 0. The first-order chi connectivity index (χ1) is 10.8. The van der Waals surface area contributed by atoms with E-state index in [1.54, 1.807) is 12.4 Å². The van der Waals surface area contributed by atoms with Crippen LogP contribution in [0.5, 0.6) is 0 Å². The number of thioether (sulfide) groups is 1. The molecule has 22 heavy (non-hydrogen) atoms. The summed E-state index contributed by atoms with van der Waals surface area (Å²) in [5.74, 6) is 1.70. The summed E-state index contributed by atoms with van der Waals surface area (Å²) < 4.78 is 0. The van der Waals surface area contributed by atoms with Crippen LogP contribution in [0.15, 0.2) is 41.8 Å². The van der Waals surface area contributed by atoms with Crippen molar-refractivity contribution in [2.24, 2.45) is 0 Å². The number of nitrogens with zero attached hydrogens (tertiary/aromatic N) is 4. The summed E-state index contributed by atoms with van der Waals surface area (Å²) in [6, 6.07) is 5.60. The first-order valence-corrected chi connectivity index (χ1v) is 8.19. The number of hydrogen-bond acceptors (Lipinski definition) is 6. The number of carbonyl (C=O) groups is 1. The average molecular weight is 315 g/mol. The maximum Gasteiger partial charge on any atom is 0.235 e. The average Bonchev–Trinajstić information content (AvgIpc) is 3.09. The van der Waals surface area contributed by atoms with Crippen LogP contribution in [0.4, 0.5) is 11.6 Å². The molecule has 0 aliphatic carbocycles. The molecule has 1 N–H and O–H groups in total. The summed E-state index contributed by atoms with van der Waals surface area (Å²) in [5.41, 5.74) is 0. The molecule has 0 atom stereocenters. The first kappa shape index (κ1) is 14.8. The maximum absolute atomic E-state index is 12.0. The first-order valence-electron chi connectivity index (χ1n) is 7.21. The fourth-order valence-corrected chi connectivity index (χ4v) is 2.98. The van der Waals surface area contributed by atoms with Crippen LogP contribution in [0.2, 0.25) is 0 Å². The van der Waals surface area contributed by atoms with Gasteiger partial charge in [-0.1, -0.05) is 0 Å². The molecule has 7 heteroatoms. The Labute approximate surface area is 133 Å². The van der Waals surface area contributed by atoms with E-state index >= 15 is 0 Å². The highest BCUT2D eigenvalue weighted by molar-refractivity contribution is 8.00. The van der Waals surface area contributed by atoms with E-state index in [1.807, 2.05) is 18.2 Å². The van der Waals surface area contributed by atoms with Gasteiger partial charge in [-0.15, -0.1) is 11.8 Å². The molecule has 6 nitrogen and oxygen atoms in total. The molecule has 1 aliphatic heterocycles. The lowest BCUT2D eigenvalue weighted by Crippen LogP contribution is -2.20. The van der Waals surface area contributed by atoms with Gasteiger partial charge in [0.1, 0.15) is 18.0 Å². The largest absolute Gasteiger partial charge is 0.356 e. The van der Waals surface area contributed by atoms with Gasteiger partial charge >= 0.3 is 0 Å². The summed E-state index contributed by atoms with van der Waals surface area (Å²) in [6.45, 7) is 2.03. The highest BCUT2D eigenvalue weighted by Gasteiger charge is 2.14. The van der Waals surface area contributed by atoms with Gasteiger partial charge in [-0.3, -0.25) is 9.78 Å². The van der Waals surface area contributed by atoms with E-state index in [-0.39, 0.29) is 5.91 Å². The molecule has 3 heterocycles. The molecule has 2 aromatic rings. The second-order valence-corrected chi connectivity index (χ2v) is 6.02. The fraction of sp³-hybridized carbons (Fsp3) is 0.333. The number of amides is 1. The second-order valence-electron chi connectivity index (χ2n) is 4.98. The molecule has 114 valence electrons. The summed E-state index contributed by atoms with van der Waals surface area (Å²) in [5, 5.41) is 2.82. The fourth-order valence-electron chi connectivity index (χ4n) is 2.30. The van der Waals surface area contributed by atoms with E-state index in [2.05, 4.69) is 25.2 Å². The molecule has 1 aliphatic rings. The van der Waals surface area contributed by atoms with Crippen molar-refractivity contribution >= 4 is 29.3 Å². The second kappa shape index (κ2) is 7.22. The standard InChI is InChI=1S/C15H17N5OS/c21-15(10-22-12-3-5-16-6-4-12)19-13-9-14(18-11-17-13)20-7-1-2-8-20/h3-6,9,11H,1-2,7-8,10H2,(H,17,18,19,21). The Balaban J connectivity index is 1.56. The summed E-state index contributed by atoms with van der Waals surface area (Å²) in [6.07, 6.45) is 7.31. The number of rotatable bonds is 5. The number of pyridine rings is 1. The monoisotopic (exact) mass is 315 g/mol. The van der Waals surface area contributed by atoms with Crippen LogP contribution in [0, 0.1) is 0 Å². The van der Waals surface area contributed by atoms with Crippen molar-refractivity contribution in [2.45, 2.75) is 17.7 Å². The quantitative estimate of drug-likeness (QED) is 0.853. The van der Waals surface area contributed by atoms with Crippen LogP contribution in [0.25, 0.3) is 0 Å². The van der Waals surface area contributed by atoms with Crippen molar-refractivity contribution in [2.75, 3.05) is 29.1 Å². The Morgan fingerprint density at radius 3 is 2.77 bits per heavy atom. The molecule has 1 amide bonds. The number of aromatic nitrogens is 3. The van der Waals surface area contributed by atoms with Gasteiger partial charge in [0.25, 0.3) is 0 Å². The van der Waals surface area contributed by atoms with Gasteiger partial charge in [-0.2, -0.15) is 0 Å². The molecule has 0 radical (unpaired) electrons. The zero-order valence-corrected chi connectivity index (χ0v) is 12.9. The van der Waals surface area contributed by atoms with E-state index in [0.717, 1.165) is 23.8 Å². The van der Waals surface area contributed by atoms with Crippen molar-refractivity contribution in [3.8, 4) is 0 Å². The van der Waals surface area contributed by atoms with Gasteiger partial charge in [0.15, 0.2) is 0 Å². The number of carbonyl (C=O) groups excluding carboxylic acids is 1. The predicted molar refractivity (Wildman–Crippen MR) is 87.1 cm³/mol. The lowest BCUT2D eigenvalue weighted by atomic mass is 10.4. The summed E-state index contributed by atoms with van der Waals surface area (Å²) >= 11 is 1.47. The molecule has 0 unspecified atom stereocenters. The van der Waals surface area contributed by atoms with Crippen molar-refractivity contribution in [1.29, 1.82) is 0 Å². The van der Waals surface area contributed by atoms with E-state index in [9.17, 15) is 4.79 Å². The van der Waals surface area contributed by atoms with E-state index in [0.29, 0.717) is 11.6 Å². The van der Waals surface area contributed by atoms with E-state index in [1.165, 1.54) is 30.9 Å². The van der Waals surface area contributed by atoms with Crippen LogP contribution in [0.3, 0.4) is 0 Å². The molecule has 1 saturated heterocycles. The third kappa shape index (κ3) is 3.94. The molecule has 0 bridgehead atoms. The minimum absolute atomic E-state index is 0.0760. The smallest absolute Gasteiger partial charge is 0.235 e. The van der Waals surface area contributed by atoms with Crippen molar-refractivity contribution in [1.82, 2.24) is 15.0 Å². The summed E-state index contributed by atoms with van der Waals surface area (Å²) in [4.78, 5) is 27.6. The number of hydrogen-bond donors (Lipinski definition) is 1. The van der Waals surface area contributed by atoms with Gasteiger partial charge in [0.2, 0.25) is 5.91 Å². The highest BCUT2D eigenvalue weighted by Crippen LogP contribution is 2.20. The SMILES string of the molecule is O=C(CSc1ccncc1)Nc1cc(N2CCCC2)ncn1. The molecule has 0 spiro atoms. The molecule has 0 saturated carbocycles. The van der Waals surface area contributed by atoms with Gasteiger partial charge in [-0.05, 0) is 25.0 Å². The Bertz CT molecular complexity index is 631. The molecule has 2 aromatic heterocycles. The molecule has 3 rings (SSSR count). The number of nitrogens with one attached hydrogen (secondary N) is 1. The molecular weight excluding hydrogens is 298 g/mol. The normalized spacial score (nSPS) is 14.1. The van der Waals surface area contributed by atoms with Gasteiger partial charge < -0.3 is 10.2 Å². The van der Waals surface area contributed by atoms with Gasteiger partial charge in [-0.25, -0.2) is 9.97 Å². The third-order valence-corrected chi connectivity index (χ3v) is 4.38. The lowest BCUT2D eigenvalue weighted by molar-refractivity contribution is -0.113. The van der Waals surface area contributed by atoms with E-state index < -0.39 is 0 Å². The Morgan fingerprint density at radius 2 is 2.00 bits per heavy atom. The van der Waals surface area contributed by atoms with E-state index in [4.69, 9.17) is 0 Å². The minimum atomic E-state index is -0.0760. The predicted octanol–water partition coefficient (Wildman–Crippen LogP) is 2.20. The van der Waals surface area contributed by atoms with Gasteiger partial charge in [0.05, 0.1) is 5.75 Å². The Hall–Kier alpha value is -2.15. The van der Waals surface area contributed by atoms with Crippen LogP contribution < -0.4 is 10.2 Å². The minimum Gasteiger partial charge on any atom is -0.356 e. The Morgan fingerprint density at radius 1 is 1.23 bits per heavy atom. The van der Waals surface area contributed by atoms with Crippen LogP contribution in [0.1, 0.15) is 12.8 Å². The zero-order chi connectivity index (χ0) is 15.2. The number of anilines is 2. The van der Waals surface area contributed by atoms with Gasteiger partial charge in [0, 0.05) is 36.4 Å². The topological polar surface area (TPSA) is 71.0 Å². The van der Waals surface area contributed by atoms with Crippen LogP contribution in [-0.2, 0) is 4.79 Å². The molecular formula is C15H17N5OS. The van der Waals surface area contributed by atoms with Crippen molar-refractivity contribution in [3.05, 3.63) is 36.9 Å². The molecule has 0 aromatic carbocycles. The van der Waals surface area contributed by atoms with Crippen molar-refractivity contribution < 1.29 is 4.79 Å². The third-order valence-electron chi connectivity index (χ3n) is 3.37.